The van der Waals surface area contributed by atoms with Gasteiger partial charge in [-0.3, -0.25) is 18.8 Å². The van der Waals surface area contributed by atoms with Crippen LogP contribution in [0.3, 0.4) is 0 Å². The van der Waals surface area contributed by atoms with E-state index in [1.165, 1.54) is 5.56 Å². The number of morpholine rings is 1. The molecule has 0 spiro atoms. The lowest BCUT2D eigenvalue weighted by atomic mass is 10.00. The maximum atomic E-state index is 12.0. The highest BCUT2D eigenvalue weighted by atomic mass is 16.5. The zero-order valence-corrected chi connectivity index (χ0v) is 14.0. The summed E-state index contributed by atoms with van der Waals surface area (Å²) in [6.45, 7) is 2.73. The lowest BCUT2D eigenvalue weighted by Crippen LogP contribution is -2.60. The van der Waals surface area contributed by atoms with Crippen LogP contribution in [0.4, 0.5) is 0 Å². The largest absolute Gasteiger partial charge is 0.366 e. The first-order valence-electron chi connectivity index (χ1n) is 8.30. The normalized spacial score (nSPS) is 24.8. The minimum Gasteiger partial charge on any atom is -0.366 e. The molecule has 24 heavy (non-hydrogen) atoms. The fourth-order valence-corrected chi connectivity index (χ4v) is 3.82. The minimum absolute atomic E-state index is 0.00923. The maximum Gasteiger partial charge on any atom is 0.328 e. The van der Waals surface area contributed by atoms with Crippen molar-refractivity contribution in [1.82, 2.24) is 19.4 Å². The molecule has 0 unspecified atom stereocenters. The molecule has 2 fully saturated rings. The third kappa shape index (κ3) is 2.53. The highest BCUT2D eigenvalue weighted by molar-refractivity contribution is 5.78. The number of aromatic nitrogens is 2. The number of carbonyl (C=O) groups is 1. The van der Waals surface area contributed by atoms with Gasteiger partial charge in [0.05, 0.1) is 23.2 Å². The van der Waals surface area contributed by atoms with Crippen LogP contribution in [-0.2, 0) is 30.2 Å². The lowest BCUT2D eigenvalue weighted by molar-refractivity contribution is -0.140. The average Bonchev–Trinajstić information content (AvgIpc) is 2.79. The number of fused-ring (bicyclic) bond motifs is 2. The van der Waals surface area contributed by atoms with Crippen molar-refractivity contribution in [2.45, 2.75) is 25.1 Å². The molecule has 0 saturated carbocycles. The minimum atomic E-state index is -0.0289. The zero-order chi connectivity index (χ0) is 16.8. The van der Waals surface area contributed by atoms with E-state index in [1.54, 1.807) is 23.2 Å². The van der Waals surface area contributed by atoms with Gasteiger partial charge in [0.2, 0.25) is 5.91 Å². The summed E-state index contributed by atoms with van der Waals surface area (Å²) in [5.41, 5.74) is 3.05. The number of ether oxygens (including phenoxy) is 1. The second-order valence-corrected chi connectivity index (χ2v) is 6.77. The molecule has 7 nitrogen and oxygen atoms in total. The molecule has 4 rings (SSSR count). The van der Waals surface area contributed by atoms with Crippen LogP contribution in [0, 0.1) is 0 Å². The fourth-order valence-electron chi connectivity index (χ4n) is 3.82. The summed E-state index contributed by atoms with van der Waals surface area (Å²) in [5, 5.41) is 3.03. The van der Waals surface area contributed by atoms with Crippen molar-refractivity contribution in [2.75, 3.05) is 19.7 Å². The van der Waals surface area contributed by atoms with Crippen molar-refractivity contribution >= 4 is 16.9 Å². The quantitative estimate of drug-likeness (QED) is 0.839. The first kappa shape index (κ1) is 15.4. The Morgan fingerprint density at radius 1 is 1.21 bits per heavy atom. The Morgan fingerprint density at radius 2 is 2.00 bits per heavy atom. The molecule has 1 amide bonds. The van der Waals surface area contributed by atoms with Crippen molar-refractivity contribution in [3.8, 4) is 0 Å². The predicted molar refractivity (Wildman–Crippen MR) is 89.7 cm³/mol. The van der Waals surface area contributed by atoms with Crippen molar-refractivity contribution in [1.29, 1.82) is 0 Å². The molecule has 0 bridgehead atoms. The highest BCUT2D eigenvalue weighted by Crippen LogP contribution is 2.21. The predicted octanol–water partition coefficient (Wildman–Crippen LogP) is -0.0337. The van der Waals surface area contributed by atoms with Gasteiger partial charge in [-0.25, -0.2) is 4.79 Å². The lowest BCUT2D eigenvalue weighted by Gasteiger charge is -2.41. The molecule has 2 aromatic rings. The average molecular weight is 330 g/mol. The maximum absolute atomic E-state index is 12.0. The SMILES string of the molecule is Cn1c(=O)n(C)c2cc(CN3CC[C@H]4OCC(=O)N[C@H]4C3)ccc21. The van der Waals surface area contributed by atoms with Crippen molar-refractivity contribution < 1.29 is 9.53 Å². The number of hydrogen-bond acceptors (Lipinski definition) is 4. The van der Waals surface area contributed by atoms with E-state index in [0.717, 1.165) is 37.1 Å². The molecule has 1 aromatic heterocycles. The molecular formula is C17H22N4O3. The summed E-state index contributed by atoms with van der Waals surface area (Å²) in [4.78, 5) is 25.9. The molecule has 2 aliphatic rings. The van der Waals surface area contributed by atoms with E-state index in [1.807, 2.05) is 6.07 Å². The van der Waals surface area contributed by atoms with E-state index < -0.39 is 0 Å². The molecule has 7 heteroatoms. The fraction of sp³-hybridized carbons (Fsp3) is 0.529. The number of rotatable bonds is 2. The van der Waals surface area contributed by atoms with E-state index in [2.05, 4.69) is 22.3 Å². The molecule has 2 saturated heterocycles. The van der Waals surface area contributed by atoms with Crippen molar-refractivity contribution in [3.05, 3.63) is 34.2 Å². The standard InChI is InChI=1S/C17H22N4O3/c1-19-13-4-3-11(7-14(13)20(2)17(19)23)8-21-6-5-15-12(9-21)18-16(22)10-24-15/h3-4,7,12,15H,5-6,8-10H2,1-2H3,(H,18,22)/t12-,15+/m0/s1. The van der Waals surface area contributed by atoms with Crippen LogP contribution in [0.1, 0.15) is 12.0 Å². The van der Waals surface area contributed by atoms with Gasteiger partial charge in [0.1, 0.15) is 6.61 Å². The van der Waals surface area contributed by atoms with E-state index >= 15 is 0 Å². The van der Waals surface area contributed by atoms with Crippen LogP contribution < -0.4 is 11.0 Å². The highest BCUT2D eigenvalue weighted by Gasteiger charge is 2.34. The molecule has 1 aromatic carbocycles. The number of hydrogen-bond donors (Lipinski definition) is 1. The van der Waals surface area contributed by atoms with Crippen molar-refractivity contribution in [2.24, 2.45) is 14.1 Å². The van der Waals surface area contributed by atoms with Crippen LogP contribution in [0.15, 0.2) is 23.0 Å². The van der Waals surface area contributed by atoms with Crippen LogP contribution in [0.25, 0.3) is 11.0 Å². The molecule has 1 N–H and O–H groups in total. The van der Waals surface area contributed by atoms with Crippen LogP contribution in [0.2, 0.25) is 0 Å². The molecule has 2 aliphatic heterocycles. The number of nitrogens with one attached hydrogen (secondary N) is 1. The Kier molecular flexibility index (Phi) is 3.69. The Bertz CT molecular complexity index is 853. The summed E-state index contributed by atoms with van der Waals surface area (Å²) >= 11 is 0. The van der Waals surface area contributed by atoms with Crippen LogP contribution in [-0.4, -0.2) is 51.8 Å². The summed E-state index contributed by atoms with van der Waals surface area (Å²) in [5.74, 6) is -0.0289. The van der Waals surface area contributed by atoms with Gasteiger partial charge >= 0.3 is 5.69 Å². The van der Waals surface area contributed by atoms with Gasteiger partial charge in [-0.05, 0) is 24.1 Å². The Balaban J connectivity index is 1.53. The van der Waals surface area contributed by atoms with E-state index in [9.17, 15) is 9.59 Å². The number of piperidine rings is 1. The first-order valence-corrected chi connectivity index (χ1v) is 8.30. The first-order chi connectivity index (χ1) is 11.5. The number of aryl methyl sites for hydroxylation is 2. The van der Waals surface area contributed by atoms with Gasteiger partial charge < -0.3 is 10.1 Å². The molecule has 0 radical (unpaired) electrons. The third-order valence-corrected chi connectivity index (χ3v) is 5.15. The molecule has 128 valence electrons. The number of carbonyl (C=O) groups excluding carboxylic acids is 1. The number of amides is 1. The molecular weight excluding hydrogens is 308 g/mol. The van der Waals surface area contributed by atoms with E-state index in [-0.39, 0.29) is 30.3 Å². The number of imidazole rings is 1. The molecule has 2 atom stereocenters. The van der Waals surface area contributed by atoms with Gasteiger partial charge in [-0.15, -0.1) is 0 Å². The summed E-state index contributed by atoms with van der Waals surface area (Å²) in [6.07, 6.45) is 1.06. The van der Waals surface area contributed by atoms with E-state index in [0.29, 0.717) is 0 Å². The Morgan fingerprint density at radius 3 is 2.83 bits per heavy atom. The van der Waals surface area contributed by atoms with Crippen LogP contribution in [0.5, 0.6) is 0 Å². The summed E-state index contributed by atoms with van der Waals surface area (Å²) in [7, 11) is 3.59. The van der Waals surface area contributed by atoms with Gasteiger partial charge in [0.25, 0.3) is 0 Å². The van der Waals surface area contributed by atoms with Gasteiger partial charge in [-0.1, -0.05) is 6.07 Å². The summed E-state index contributed by atoms with van der Waals surface area (Å²) in [6, 6.07) is 6.23. The topological polar surface area (TPSA) is 68.5 Å². The van der Waals surface area contributed by atoms with Crippen LogP contribution >= 0.6 is 0 Å². The second kappa shape index (κ2) is 5.75. The Labute approximate surface area is 139 Å². The second-order valence-electron chi connectivity index (χ2n) is 6.77. The summed E-state index contributed by atoms with van der Waals surface area (Å²) < 4.78 is 8.95. The van der Waals surface area contributed by atoms with Gasteiger partial charge in [0, 0.05) is 33.7 Å². The number of nitrogens with zero attached hydrogens (tertiary/aromatic N) is 3. The monoisotopic (exact) mass is 330 g/mol. The van der Waals surface area contributed by atoms with Gasteiger partial charge in [0.15, 0.2) is 0 Å². The van der Waals surface area contributed by atoms with Crippen molar-refractivity contribution in [3.63, 3.8) is 0 Å². The molecule has 3 heterocycles. The smallest absolute Gasteiger partial charge is 0.328 e. The van der Waals surface area contributed by atoms with E-state index in [4.69, 9.17) is 4.74 Å². The molecule has 0 aliphatic carbocycles. The third-order valence-electron chi connectivity index (χ3n) is 5.15. The number of likely N-dealkylation sites (tertiary alicyclic amines) is 1. The zero-order valence-electron chi connectivity index (χ0n) is 14.0. The van der Waals surface area contributed by atoms with Gasteiger partial charge in [-0.2, -0.15) is 0 Å². The number of benzene rings is 1. The Hall–Kier alpha value is -2.12.